The normalized spacial score (nSPS) is 15.5. The van der Waals surface area contributed by atoms with Gasteiger partial charge < -0.3 is 10.2 Å². The molecule has 0 spiro atoms. The molecule has 0 saturated heterocycles. The van der Waals surface area contributed by atoms with Crippen molar-refractivity contribution in [3.8, 4) is 0 Å². The summed E-state index contributed by atoms with van der Waals surface area (Å²) in [4.78, 5) is 2.38. The molecular weight excluding hydrogens is 283 g/mol. The van der Waals surface area contributed by atoms with Gasteiger partial charge in [-0.2, -0.15) is 0 Å². The molecule has 1 aromatic carbocycles. The third-order valence-electron chi connectivity index (χ3n) is 3.06. The maximum Gasteiger partial charge on any atom is 0.124 e. The summed E-state index contributed by atoms with van der Waals surface area (Å²) in [5.41, 5.74) is 0.978. The standard InChI is InChI=1S/C13H18BrFN2/c1-17(13-2-3-13)5-4-16-9-10-6-11(14)8-12(15)7-10/h6-8,13,16H,2-5,9H2,1H3. The Morgan fingerprint density at radius 2 is 2.18 bits per heavy atom. The minimum Gasteiger partial charge on any atom is -0.311 e. The van der Waals surface area contributed by atoms with Crippen LogP contribution in [0.3, 0.4) is 0 Å². The van der Waals surface area contributed by atoms with Crippen LogP contribution in [0.25, 0.3) is 0 Å². The van der Waals surface area contributed by atoms with Gasteiger partial charge in [0, 0.05) is 30.1 Å². The van der Waals surface area contributed by atoms with Gasteiger partial charge in [-0.1, -0.05) is 15.9 Å². The number of halogens is 2. The molecule has 0 bridgehead atoms. The highest BCUT2D eigenvalue weighted by atomic mass is 79.9. The van der Waals surface area contributed by atoms with Crippen molar-refractivity contribution < 1.29 is 4.39 Å². The van der Waals surface area contributed by atoms with Crippen LogP contribution in [0.15, 0.2) is 22.7 Å². The quantitative estimate of drug-likeness (QED) is 0.813. The molecule has 1 aliphatic rings. The maximum atomic E-state index is 13.1. The Balaban J connectivity index is 1.70. The van der Waals surface area contributed by atoms with Crippen LogP contribution in [-0.4, -0.2) is 31.1 Å². The first-order valence-electron chi connectivity index (χ1n) is 6.01. The first-order valence-corrected chi connectivity index (χ1v) is 6.80. The molecule has 1 fully saturated rings. The lowest BCUT2D eigenvalue weighted by Crippen LogP contribution is -2.30. The number of hydrogen-bond acceptors (Lipinski definition) is 2. The highest BCUT2D eigenvalue weighted by Crippen LogP contribution is 2.24. The van der Waals surface area contributed by atoms with E-state index < -0.39 is 0 Å². The van der Waals surface area contributed by atoms with E-state index in [1.54, 1.807) is 6.07 Å². The van der Waals surface area contributed by atoms with Crippen LogP contribution in [-0.2, 0) is 6.54 Å². The van der Waals surface area contributed by atoms with Crippen LogP contribution in [0.2, 0.25) is 0 Å². The molecule has 94 valence electrons. The average Bonchev–Trinajstić information content (AvgIpc) is 3.06. The molecule has 4 heteroatoms. The summed E-state index contributed by atoms with van der Waals surface area (Å²) in [6.45, 7) is 2.72. The molecular formula is C13H18BrFN2. The number of nitrogens with zero attached hydrogens (tertiary/aromatic N) is 1. The fourth-order valence-corrected chi connectivity index (χ4v) is 2.41. The topological polar surface area (TPSA) is 15.3 Å². The number of benzene rings is 1. The van der Waals surface area contributed by atoms with Crippen molar-refractivity contribution in [1.82, 2.24) is 10.2 Å². The molecule has 0 unspecified atom stereocenters. The molecule has 2 rings (SSSR count). The predicted molar refractivity (Wildman–Crippen MR) is 71.5 cm³/mol. The average molecular weight is 301 g/mol. The molecule has 17 heavy (non-hydrogen) atoms. The van der Waals surface area contributed by atoms with Crippen molar-refractivity contribution in [2.75, 3.05) is 20.1 Å². The second kappa shape index (κ2) is 5.94. The Hall–Kier alpha value is -0.450. The van der Waals surface area contributed by atoms with Gasteiger partial charge in [-0.3, -0.25) is 0 Å². The Bertz CT molecular complexity index is 359. The molecule has 0 aromatic heterocycles. The minimum absolute atomic E-state index is 0.189. The third kappa shape index (κ3) is 4.37. The smallest absolute Gasteiger partial charge is 0.124 e. The molecule has 0 atom stereocenters. The van der Waals surface area contributed by atoms with Crippen molar-refractivity contribution in [3.63, 3.8) is 0 Å². The number of hydrogen-bond donors (Lipinski definition) is 1. The first-order chi connectivity index (χ1) is 8.15. The Morgan fingerprint density at radius 3 is 2.82 bits per heavy atom. The van der Waals surface area contributed by atoms with E-state index in [4.69, 9.17) is 0 Å². The van der Waals surface area contributed by atoms with E-state index in [1.165, 1.54) is 18.9 Å². The van der Waals surface area contributed by atoms with E-state index in [2.05, 4.69) is 33.2 Å². The highest BCUT2D eigenvalue weighted by molar-refractivity contribution is 9.10. The number of rotatable bonds is 6. The molecule has 1 saturated carbocycles. The fourth-order valence-electron chi connectivity index (χ4n) is 1.90. The van der Waals surface area contributed by atoms with Gasteiger partial charge in [0.05, 0.1) is 0 Å². The lowest BCUT2D eigenvalue weighted by atomic mass is 10.2. The van der Waals surface area contributed by atoms with Crippen LogP contribution in [0.5, 0.6) is 0 Å². The molecule has 1 aliphatic carbocycles. The predicted octanol–water partition coefficient (Wildman–Crippen LogP) is 2.77. The van der Waals surface area contributed by atoms with Crippen molar-refractivity contribution in [1.29, 1.82) is 0 Å². The summed E-state index contributed by atoms with van der Waals surface area (Å²) < 4.78 is 13.9. The van der Waals surface area contributed by atoms with E-state index in [9.17, 15) is 4.39 Å². The van der Waals surface area contributed by atoms with Gasteiger partial charge in [0.1, 0.15) is 5.82 Å². The Kier molecular flexibility index (Phi) is 4.54. The molecule has 0 radical (unpaired) electrons. The monoisotopic (exact) mass is 300 g/mol. The first kappa shape index (κ1) is 13.0. The van der Waals surface area contributed by atoms with Crippen LogP contribution < -0.4 is 5.32 Å². The van der Waals surface area contributed by atoms with Crippen molar-refractivity contribution in [3.05, 3.63) is 34.1 Å². The van der Waals surface area contributed by atoms with E-state index in [1.807, 2.05) is 6.07 Å². The molecule has 2 nitrogen and oxygen atoms in total. The van der Waals surface area contributed by atoms with Gasteiger partial charge in [0.25, 0.3) is 0 Å². The SMILES string of the molecule is CN(CCNCc1cc(F)cc(Br)c1)C1CC1. The van der Waals surface area contributed by atoms with Crippen molar-refractivity contribution >= 4 is 15.9 Å². The van der Waals surface area contributed by atoms with Crippen LogP contribution >= 0.6 is 15.9 Å². The van der Waals surface area contributed by atoms with Gasteiger partial charge in [0.2, 0.25) is 0 Å². The summed E-state index contributed by atoms with van der Waals surface area (Å²) in [6, 6.07) is 5.80. The lowest BCUT2D eigenvalue weighted by Gasteiger charge is -2.15. The second-order valence-corrected chi connectivity index (χ2v) is 5.58. The van der Waals surface area contributed by atoms with E-state index in [0.717, 1.165) is 35.7 Å². The second-order valence-electron chi connectivity index (χ2n) is 4.67. The zero-order chi connectivity index (χ0) is 12.3. The minimum atomic E-state index is -0.189. The van der Waals surface area contributed by atoms with Crippen molar-refractivity contribution in [2.24, 2.45) is 0 Å². The number of likely N-dealkylation sites (N-methyl/N-ethyl adjacent to an activating group) is 1. The van der Waals surface area contributed by atoms with Gasteiger partial charge in [0.15, 0.2) is 0 Å². The molecule has 1 aromatic rings. The summed E-state index contributed by atoms with van der Waals surface area (Å²) in [5.74, 6) is -0.189. The van der Waals surface area contributed by atoms with E-state index >= 15 is 0 Å². The molecule has 0 amide bonds. The largest absolute Gasteiger partial charge is 0.311 e. The van der Waals surface area contributed by atoms with Gasteiger partial charge in [-0.05, 0) is 43.7 Å². The van der Waals surface area contributed by atoms with Crippen LogP contribution in [0.1, 0.15) is 18.4 Å². The summed E-state index contributed by atoms with van der Waals surface area (Å²) in [7, 11) is 2.16. The summed E-state index contributed by atoms with van der Waals surface area (Å²) in [6.07, 6.45) is 2.68. The highest BCUT2D eigenvalue weighted by Gasteiger charge is 2.25. The third-order valence-corrected chi connectivity index (χ3v) is 3.52. The summed E-state index contributed by atoms with van der Waals surface area (Å²) >= 11 is 3.30. The zero-order valence-electron chi connectivity index (χ0n) is 10.0. The van der Waals surface area contributed by atoms with Crippen LogP contribution in [0, 0.1) is 5.82 Å². The van der Waals surface area contributed by atoms with E-state index in [-0.39, 0.29) is 5.82 Å². The van der Waals surface area contributed by atoms with Gasteiger partial charge in [-0.15, -0.1) is 0 Å². The van der Waals surface area contributed by atoms with Crippen LogP contribution in [0.4, 0.5) is 4.39 Å². The summed E-state index contributed by atoms with van der Waals surface area (Å²) in [5, 5.41) is 3.34. The molecule has 0 heterocycles. The molecule has 0 aliphatic heterocycles. The fraction of sp³-hybridized carbons (Fsp3) is 0.538. The van der Waals surface area contributed by atoms with E-state index in [0.29, 0.717) is 0 Å². The molecule has 1 N–H and O–H groups in total. The Morgan fingerprint density at radius 1 is 1.41 bits per heavy atom. The number of nitrogens with one attached hydrogen (secondary N) is 1. The lowest BCUT2D eigenvalue weighted by molar-refractivity contribution is 0.321. The maximum absolute atomic E-state index is 13.1. The van der Waals surface area contributed by atoms with Gasteiger partial charge in [-0.25, -0.2) is 4.39 Å². The van der Waals surface area contributed by atoms with Crippen molar-refractivity contribution in [2.45, 2.75) is 25.4 Å². The zero-order valence-corrected chi connectivity index (χ0v) is 11.6. The Labute approximate surface area is 110 Å². The van der Waals surface area contributed by atoms with Gasteiger partial charge >= 0.3 is 0 Å².